The summed E-state index contributed by atoms with van der Waals surface area (Å²) in [5, 5.41) is 9.04. The fraction of sp³-hybridized carbons (Fsp3) is 0.500. The molecule has 0 unspecified atom stereocenters. The predicted octanol–water partition coefficient (Wildman–Crippen LogP) is 1.54. The number of aliphatic carboxylic acids is 1. The molecule has 0 fully saturated rings. The zero-order chi connectivity index (χ0) is 17.2. The van der Waals surface area contributed by atoms with E-state index in [1.165, 1.54) is 0 Å². The molecule has 1 aromatic rings. The van der Waals surface area contributed by atoms with Gasteiger partial charge in [0.15, 0.2) is 0 Å². The molecule has 23 heavy (non-hydrogen) atoms. The lowest BCUT2D eigenvalue weighted by Gasteiger charge is -2.21. The molecular weight excluding hydrogens is 302 g/mol. The van der Waals surface area contributed by atoms with Gasteiger partial charge in [-0.3, -0.25) is 14.5 Å². The SMILES string of the molecule is CCOC(=O)CCN(CC(=O)O)Cc1cc(OC)ccc1OC. The quantitative estimate of drug-likeness (QED) is 0.653. The van der Waals surface area contributed by atoms with E-state index >= 15 is 0 Å². The molecule has 0 saturated heterocycles. The van der Waals surface area contributed by atoms with Gasteiger partial charge in [-0.05, 0) is 25.1 Å². The number of esters is 1. The molecule has 1 aromatic carbocycles. The van der Waals surface area contributed by atoms with Crippen molar-refractivity contribution in [2.24, 2.45) is 0 Å². The number of rotatable bonds is 10. The number of nitrogens with zero attached hydrogens (tertiary/aromatic N) is 1. The minimum absolute atomic E-state index is 0.132. The van der Waals surface area contributed by atoms with Gasteiger partial charge in [0.1, 0.15) is 11.5 Å². The molecule has 128 valence electrons. The third-order valence-electron chi connectivity index (χ3n) is 3.18. The molecule has 7 heteroatoms. The van der Waals surface area contributed by atoms with Gasteiger partial charge >= 0.3 is 11.9 Å². The van der Waals surface area contributed by atoms with Crippen LogP contribution in [0.4, 0.5) is 0 Å². The molecule has 7 nitrogen and oxygen atoms in total. The van der Waals surface area contributed by atoms with Crippen LogP contribution in [0.3, 0.4) is 0 Å². The number of carbonyl (C=O) groups excluding carboxylic acids is 1. The highest BCUT2D eigenvalue weighted by atomic mass is 16.5. The molecular formula is C16H23NO6. The Kier molecular flexibility index (Phi) is 7.90. The van der Waals surface area contributed by atoms with Crippen LogP contribution in [0.25, 0.3) is 0 Å². The Bertz CT molecular complexity index is 531. The summed E-state index contributed by atoms with van der Waals surface area (Å²) >= 11 is 0. The van der Waals surface area contributed by atoms with E-state index in [2.05, 4.69) is 0 Å². The van der Waals surface area contributed by atoms with Crippen molar-refractivity contribution >= 4 is 11.9 Å². The standard InChI is InChI=1S/C16H23NO6/c1-4-23-16(20)7-8-17(11-15(18)19)10-12-9-13(21-2)5-6-14(12)22-3/h5-6,9H,4,7-8,10-11H2,1-3H3,(H,18,19). The van der Waals surface area contributed by atoms with Gasteiger partial charge in [-0.25, -0.2) is 0 Å². The van der Waals surface area contributed by atoms with Crippen molar-refractivity contribution in [1.29, 1.82) is 0 Å². The lowest BCUT2D eigenvalue weighted by molar-refractivity contribution is -0.145. The molecule has 0 aliphatic heterocycles. The van der Waals surface area contributed by atoms with Crippen molar-refractivity contribution in [3.8, 4) is 11.5 Å². The first-order valence-corrected chi connectivity index (χ1v) is 7.30. The van der Waals surface area contributed by atoms with E-state index in [9.17, 15) is 9.59 Å². The van der Waals surface area contributed by atoms with Crippen LogP contribution in [0.1, 0.15) is 18.9 Å². The average Bonchev–Trinajstić information content (AvgIpc) is 2.52. The number of carbonyl (C=O) groups is 2. The Hall–Kier alpha value is -2.28. The number of carboxylic acid groups (broad SMARTS) is 1. The molecule has 0 aliphatic rings. The number of hydrogen-bond donors (Lipinski definition) is 1. The van der Waals surface area contributed by atoms with Gasteiger partial charge in [-0.2, -0.15) is 0 Å². The Labute approximate surface area is 135 Å². The van der Waals surface area contributed by atoms with Crippen molar-refractivity contribution in [3.05, 3.63) is 23.8 Å². The third kappa shape index (κ3) is 6.56. The molecule has 0 saturated carbocycles. The summed E-state index contributed by atoms with van der Waals surface area (Å²) in [7, 11) is 3.10. The minimum atomic E-state index is -0.962. The molecule has 1 rings (SSSR count). The van der Waals surface area contributed by atoms with Crippen molar-refractivity contribution in [2.75, 3.05) is 33.9 Å². The second kappa shape index (κ2) is 9.68. The molecule has 0 atom stereocenters. The van der Waals surface area contributed by atoms with Gasteiger partial charge < -0.3 is 19.3 Å². The number of methoxy groups -OCH3 is 2. The Balaban J connectivity index is 2.83. The zero-order valence-electron chi connectivity index (χ0n) is 13.7. The summed E-state index contributed by atoms with van der Waals surface area (Å²) in [5.74, 6) is -0.0185. The molecule has 1 N–H and O–H groups in total. The van der Waals surface area contributed by atoms with Crippen LogP contribution in [0.15, 0.2) is 18.2 Å². The van der Waals surface area contributed by atoms with E-state index in [-0.39, 0.29) is 25.5 Å². The zero-order valence-corrected chi connectivity index (χ0v) is 13.7. The van der Waals surface area contributed by atoms with Gasteiger partial charge in [0.2, 0.25) is 0 Å². The fourth-order valence-corrected chi connectivity index (χ4v) is 2.13. The van der Waals surface area contributed by atoms with Crippen molar-refractivity contribution in [2.45, 2.75) is 19.9 Å². The summed E-state index contributed by atoms with van der Waals surface area (Å²) < 4.78 is 15.3. The number of hydrogen-bond acceptors (Lipinski definition) is 6. The van der Waals surface area contributed by atoms with Gasteiger partial charge in [-0.15, -0.1) is 0 Å². The molecule has 0 spiro atoms. The van der Waals surface area contributed by atoms with Gasteiger partial charge in [-0.1, -0.05) is 0 Å². The highest BCUT2D eigenvalue weighted by Crippen LogP contribution is 2.25. The van der Waals surface area contributed by atoms with E-state index in [4.69, 9.17) is 19.3 Å². The van der Waals surface area contributed by atoms with E-state index < -0.39 is 5.97 Å². The van der Waals surface area contributed by atoms with Crippen LogP contribution < -0.4 is 9.47 Å². The average molecular weight is 325 g/mol. The van der Waals surface area contributed by atoms with Crippen LogP contribution >= 0.6 is 0 Å². The molecule has 0 radical (unpaired) electrons. The van der Waals surface area contributed by atoms with E-state index in [1.807, 2.05) is 0 Å². The molecule has 0 bridgehead atoms. The van der Waals surface area contributed by atoms with Gasteiger partial charge in [0, 0.05) is 18.7 Å². The highest BCUT2D eigenvalue weighted by molar-refractivity contribution is 5.70. The fourth-order valence-electron chi connectivity index (χ4n) is 2.13. The van der Waals surface area contributed by atoms with Crippen LogP contribution in [0.2, 0.25) is 0 Å². The number of ether oxygens (including phenoxy) is 3. The van der Waals surface area contributed by atoms with Crippen molar-refractivity contribution < 1.29 is 28.9 Å². The molecule has 0 aromatic heterocycles. The maximum atomic E-state index is 11.5. The summed E-state index contributed by atoms with van der Waals surface area (Å²) in [6, 6.07) is 5.32. The number of benzene rings is 1. The van der Waals surface area contributed by atoms with Crippen molar-refractivity contribution in [3.63, 3.8) is 0 Å². The Morgan fingerprint density at radius 3 is 2.52 bits per heavy atom. The summed E-state index contributed by atoms with van der Waals surface area (Å²) in [4.78, 5) is 24.2. The van der Waals surface area contributed by atoms with Gasteiger partial charge in [0.05, 0.1) is 33.8 Å². The first-order chi connectivity index (χ1) is 11.0. The summed E-state index contributed by atoms with van der Waals surface area (Å²) in [6.07, 6.45) is 0.132. The normalized spacial score (nSPS) is 10.4. The predicted molar refractivity (Wildman–Crippen MR) is 83.7 cm³/mol. The van der Waals surface area contributed by atoms with Crippen LogP contribution in [0.5, 0.6) is 11.5 Å². The third-order valence-corrected chi connectivity index (χ3v) is 3.18. The monoisotopic (exact) mass is 325 g/mol. The Morgan fingerprint density at radius 1 is 1.22 bits per heavy atom. The highest BCUT2D eigenvalue weighted by Gasteiger charge is 2.15. The maximum Gasteiger partial charge on any atom is 0.317 e. The maximum absolute atomic E-state index is 11.5. The molecule has 0 amide bonds. The van der Waals surface area contributed by atoms with Crippen LogP contribution in [0, 0.1) is 0 Å². The first-order valence-electron chi connectivity index (χ1n) is 7.30. The first kappa shape index (κ1) is 18.8. The van der Waals surface area contributed by atoms with E-state index in [1.54, 1.807) is 44.2 Å². The number of carboxylic acids is 1. The second-order valence-corrected chi connectivity index (χ2v) is 4.84. The minimum Gasteiger partial charge on any atom is -0.497 e. The smallest absolute Gasteiger partial charge is 0.317 e. The lowest BCUT2D eigenvalue weighted by Crippen LogP contribution is -2.31. The van der Waals surface area contributed by atoms with E-state index in [0.29, 0.717) is 24.7 Å². The summed E-state index contributed by atoms with van der Waals surface area (Å²) in [5.41, 5.74) is 0.789. The molecule has 0 heterocycles. The lowest BCUT2D eigenvalue weighted by atomic mass is 10.1. The second-order valence-electron chi connectivity index (χ2n) is 4.84. The van der Waals surface area contributed by atoms with Gasteiger partial charge in [0.25, 0.3) is 0 Å². The largest absolute Gasteiger partial charge is 0.497 e. The molecule has 0 aliphatic carbocycles. The van der Waals surface area contributed by atoms with E-state index in [0.717, 1.165) is 5.56 Å². The topological polar surface area (TPSA) is 85.3 Å². The van der Waals surface area contributed by atoms with Crippen LogP contribution in [-0.4, -0.2) is 55.9 Å². The Morgan fingerprint density at radius 2 is 1.96 bits per heavy atom. The van der Waals surface area contributed by atoms with Crippen LogP contribution in [-0.2, 0) is 20.9 Å². The summed E-state index contributed by atoms with van der Waals surface area (Å²) in [6.45, 7) is 2.47. The van der Waals surface area contributed by atoms with Crippen molar-refractivity contribution in [1.82, 2.24) is 4.90 Å².